The highest BCUT2D eigenvalue weighted by Gasteiger charge is 2.26. The molecular formula is C23H33NO3S. The highest BCUT2D eigenvalue weighted by Crippen LogP contribution is 2.40. The molecule has 1 aromatic carbocycles. The van der Waals surface area contributed by atoms with Crippen LogP contribution < -0.4 is 0 Å². The van der Waals surface area contributed by atoms with E-state index < -0.39 is 5.97 Å². The largest absolute Gasteiger partial charge is 0.507 e. The van der Waals surface area contributed by atoms with Crippen LogP contribution >= 0.6 is 11.8 Å². The second kappa shape index (κ2) is 8.64. The standard InChI is InChI=1S/C23H33NO3S/c1-22(2,3)18-13-16(14-19(21(18)27)23(4,5)6)12-17-15-24(10-11-28-17)9-7-8-20(25)26/h10-14,27H,7-9,15H2,1-6H3,(H,25,26). The van der Waals surface area contributed by atoms with Gasteiger partial charge in [0.15, 0.2) is 0 Å². The Balaban J connectivity index is 2.32. The summed E-state index contributed by atoms with van der Waals surface area (Å²) >= 11 is 1.69. The van der Waals surface area contributed by atoms with Gasteiger partial charge >= 0.3 is 5.97 Å². The zero-order valence-corrected chi connectivity index (χ0v) is 18.7. The Kier molecular flexibility index (Phi) is 6.92. The van der Waals surface area contributed by atoms with E-state index in [-0.39, 0.29) is 17.3 Å². The molecule has 0 saturated carbocycles. The Morgan fingerprint density at radius 2 is 1.71 bits per heavy atom. The quantitative estimate of drug-likeness (QED) is 0.659. The molecule has 1 aromatic rings. The highest BCUT2D eigenvalue weighted by molar-refractivity contribution is 8.06. The van der Waals surface area contributed by atoms with E-state index in [2.05, 4.69) is 64.7 Å². The number of thioether (sulfide) groups is 1. The zero-order valence-electron chi connectivity index (χ0n) is 17.9. The molecule has 2 N–H and O–H groups in total. The smallest absolute Gasteiger partial charge is 0.303 e. The topological polar surface area (TPSA) is 60.8 Å². The van der Waals surface area contributed by atoms with Crippen molar-refractivity contribution in [3.63, 3.8) is 0 Å². The maximum absolute atomic E-state index is 10.9. The predicted octanol–water partition coefficient (Wildman–Crippen LogP) is 5.71. The molecule has 0 saturated heterocycles. The van der Waals surface area contributed by atoms with Crippen LogP contribution in [0.5, 0.6) is 5.75 Å². The average molecular weight is 404 g/mol. The van der Waals surface area contributed by atoms with E-state index in [0.29, 0.717) is 12.2 Å². The van der Waals surface area contributed by atoms with Gasteiger partial charge in [0.2, 0.25) is 0 Å². The van der Waals surface area contributed by atoms with Gasteiger partial charge in [-0.3, -0.25) is 4.79 Å². The number of phenols is 1. The fourth-order valence-corrected chi connectivity index (χ4v) is 4.08. The fraction of sp³-hybridized carbons (Fsp3) is 0.522. The first-order valence-electron chi connectivity index (χ1n) is 9.75. The maximum atomic E-state index is 10.9. The molecule has 0 spiro atoms. The molecule has 28 heavy (non-hydrogen) atoms. The van der Waals surface area contributed by atoms with Gasteiger partial charge in [0.05, 0.1) is 0 Å². The monoisotopic (exact) mass is 403 g/mol. The molecule has 4 nitrogen and oxygen atoms in total. The van der Waals surface area contributed by atoms with Crippen LogP contribution in [0.1, 0.15) is 71.1 Å². The molecule has 1 heterocycles. The second-order valence-electron chi connectivity index (χ2n) is 9.45. The fourth-order valence-electron chi connectivity index (χ4n) is 3.23. The number of hydrogen-bond donors (Lipinski definition) is 2. The van der Waals surface area contributed by atoms with Gasteiger partial charge in [-0.15, -0.1) is 0 Å². The van der Waals surface area contributed by atoms with Crippen molar-refractivity contribution < 1.29 is 15.0 Å². The Bertz CT molecular complexity index is 747. The van der Waals surface area contributed by atoms with Gasteiger partial charge in [-0.1, -0.05) is 53.3 Å². The molecule has 5 heteroatoms. The summed E-state index contributed by atoms with van der Waals surface area (Å²) in [5.41, 5.74) is 2.71. The minimum absolute atomic E-state index is 0.152. The first-order valence-corrected chi connectivity index (χ1v) is 10.6. The molecule has 0 fully saturated rings. The summed E-state index contributed by atoms with van der Waals surface area (Å²) in [6.45, 7) is 14.2. The van der Waals surface area contributed by atoms with Gasteiger partial charge < -0.3 is 15.1 Å². The Morgan fingerprint density at radius 1 is 1.14 bits per heavy atom. The summed E-state index contributed by atoms with van der Waals surface area (Å²) in [5, 5.41) is 21.8. The van der Waals surface area contributed by atoms with Crippen molar-refractivity contribution in [3.05, 3.63) is 45.3 Å². The van der Waals surface area contributed by atoms with Crippen molar-refractivity contribution in [2.45, 2.75) is 65.2 Å². The number of carbonyl (C=O) groups is 1. The lowest BCUT2D eigenvalue weighted by Crippen LogP contribution is -2.23. The average Bonchev–Trinajstić information content (AvgIpc) is 2.54. The molecule has 154 valence electrons. The molecule has 0 unspecified atom stereocenters. The lowest BCUT2D eigenvalue weighted by Gasteiger charge is -2.28. The van der Waals surface area contributed by atoms with Crippen molar-refractivity contribution >= 4 is 23.8 Å². The van der Waals surface area contributed by atoms with Gasteiger partial charge in [0, 0.05) is 41.7 Å². The van der Waals surface area contributed by atoms with E-state index in [1.165, 1.54) is 4.91 Å². The maximum Gasteiger partial charge on any atom is 0.303 e. The van der Waals surface area contributed by atoms with Crippen LogP contribution in [-0.2, 0) is 15.6 Å². The number of benzene rings is 1. The zero-order chi connectivity index (χ0) is 21.1. The number of rotatable bonds is 5. The predicted molar refractivity (Wildman–Crippen MR) is 119 cm³/mol. The number of aromatic hydroxyl groups is 1. The lowest BCUT2D eigenvalue weighted by atomic mass is 9.78. The SMILES string of the molecule is CC(C)(C)c1cc(C=C2CN(CCCC(=O)O)C=CS2)cc(C(C)(C)C)c1O. The minimum atomic E-state index is -0.750. The van der Waals surface area contributed by atoms with E-state index >= 15 is 0 Å². The number of phenolic OH excluding ortho intramolecular Hbond substituents is 1. The second-order valence-corrected chi connectivity index (χ2v) is 10.5. The summed E-state index contributed by atoms with van der Waals surface area (Å²) in [6, 6.07) is 4.18. The molecule has 0 atom stereocenters. The number of nitrogens with zero attached hydrogens (tertiary/aromatic N) is 1. The van der Waals surface area contributed by atoms with Gasteiger partial charge in [-0.05, 0) is 46.4 Å². The molecule has 0 aromatic heterocycles. The Labute approximate surface area is 173 Å². The Hall–Kier alpha value is -1.88. The van der Waals surface area contributed by atoms with Gasteiger partial charge in [-0.25, -0.2) is 0 Å². The summed E-state index contributed by atoms with van der Waals surface area (Å²) in [5.74, 6) is -0.353. The number of aliphatic carboxylic acids is 1. The Morgan fingerprint density at radius 3 is 2.21 bits per heavy atom. The van der Waals surface area contributed by atoms with Crippen molar-refractivity contribution in [3.8, 4) is 5.75 Å². The van der Waals surface area contributed by atoms with Crippen LogP contribution in [0.2, 0.25) is 0 Å². The van der Waals surface area contributed by atoms with E-state index in [1.54, 1.807) is 11.8 Å². The molecular weight excluding hydrogens is 370 g/mol. The van der Waals surface area contributed by atoms with Crippen LogP contribution in [0.4, 0.5) is 0 Å². The molecule has 0 bridgehead atoms. The molecule has 1 aliphatic heterocycles. The molecule has 1 aliphatic rings. The third kappa shape index (κ3) is 6.06. The van der Waals surface area contributed by atoms with Crippen LogP contribution in [-0.4, -0.2) is 34.2 Å². The normalized spacial score (nSPS) is 16.6. The van der Waals surface area contributed by atoms with Crippen molar-refractivity contribution in [2.24, 2.45) is 0 Å². The van der Waals surface area contributed by atoms with Crippen LogP contribution in [0.15, 0.2) is 28.6 Å². The van der Waals surface area contributed by atoms with Crippen LogP contribution in [0.25, 0.3) is 6.08 Å². The molecule has 2 rings (SSSR count). The first kappa shape index (κ1) is 22.4. The van der Waals surface area contributed by atoms with E-state index in [0.717, 1.165) is 29.8 Å². The number of hydrogen-bond acceptors (Lipinski definition) is 4. The number of carboxylic acid groups (broad SMARTS) is 1. The van der Waals surface area contributed by atoms with E-state index in [1.807, 2.05) is 11.6 Å². The third-order valence-electron chi connectivity index (χ3n) is 4.76. The lowest BCUT2D eigenvalue weighted by molar-refractivity contribution is -0.137. The number of carboxylic acids is 1. The third-order valence-corrected chi connectivity index (χ3v) is 5.57. The summed E-state index contributed by atoms with van der Waals surface area (Å²) in [6.07, 6.45) is 5.04. The summed E-state index contributed by atoms with van der Waals surface area (Å²) < 4.78 is 0. The van der Waals surface area contributed by atoms with Gasteiger partial charge in [0.25, 0.3) is 0 Å². The minimum Gasteiger partial charge on any atom is -0.507 e. The van der Waals surface area contributed by atoms with Crippen molar-refractivity contribution in [2.75, 3.05) is 13.1 Å². The van der Waals surface area contributed by atoms with E-state index in [9.17, 15) is 9.90 Å². The first-order chi connectivity index (χ1) is 12.9. The molecule has 0 amide bonds. The van der Waals surface area contributed by atoms with Crippen molar-refractivity contribution in [1.82, 2.24) is 4.90 Å². The molecule has 0 aliphatic carbocycles. The van der Waals surface area contributed by atoms with Crippen LogP contribution in [0, 0.1) is 0 Å². The van der Waals surface area contributed by atoms with Gasteiger partial charge in [0.1, 0.15) is 5.75 Å². The van der Waals surface area contributed by atoms with Crippen LogP contribution in [0.3, 0.4) is 0 Å². The van der Waals surface area contributed by atoms with Crippen molar-refractivity contribution in [1.29, 1.82) is 0 Å². The molecule has 0 radical (unpaired) electrons. The van der Waals surface area contributed by atoms with E-state index in [4.69, 9.17) is 5.11 Å². The highest BCUT2D eigenvalue weighted by atomic mass is 32.2. The summed E-state index contributed by atoms with van der Waals surface area (Å²) in [4.78, 5) is 14.1. The summed E-state index contributed by atoms with van der Waals surface area (Å²) in [7, 11) is 0. The van der Waals surface area contributed by atoms with Gasteiger partial charge in [-0.2, -0.15) is 0 Å².